The highest BCUT2D eigenvalue weighted by Crippen LogP contribution is 2.30. The summed E-state index contributed by atoms with van der Waals surface area (Å²) in [7, 11) is 0. The van der Waals surface area contributed by atoms with Crippen molar-refractivity contribution in [3.05, 3.63) is 48.8 Å². The topological polar surface area (TPSA) is 83.9 Å². The van der Waals surface area contributed by atoms with Gasteiger partial charge < -0.3 is 10.2 Å². The molecule has 1 saturated heterocycles. The Labute approximate surface area is 140 Å². The number of rotatable bonds is 4. The minimum absolute atomic E-state index is 0.0757. The Balaban J connectivity index is 1.89. The Morgan fingerprint density at radius 2 is 2.21 bits per heavy atom. The third-order valence-corrected chi connectivity index (χ3v) is 3.95. The SMILES string of the molecule is C=CC(=O)N1CCCC[C@H]1c1nc(C)cc(Nc2cnccn2)n1. The van der Waals surface area contributed by atoms with E-state index < -0.39 is 0 Å². The monoisotopic (exact) mass is 324 g/mol. The summed E-state index contributed by atoms with van der Waals surface area (Å²) < 4.78 is 0. The van der Waals surface area contributed by atoms with Gasteiger partial charge in [-0.1, -0.05) is 6.58 Å². The van der Waals surface area contributed by atoms with Crippen molar-refractivity contribution < 1.29 is 4.79 Å². The summed E-state index contributed by atoms with van der Waals surface area (Å²) in [6, 6.07) is 1.73. The van der Waals surface area contributed by atoms with Crippen molar-refractivity contribution in [2.75, 3.05) is 11.9 Å². The van der Waals surface area contributed by atoms with Crippen LogP contribution in [0.15, 0.2) is 37.3 Å². The van der Waals surface area contributed by atoms with Crippen molar-refractivity contribution in [3.63, 3.8) is 0 Å². The van der Waals surface area contributed by atoms with E-state index in [2.05, 4.69) is 31.8 Å². The Morgan fingerprint density at radius 3 is 2.96 bits per heavy atom. The number of likely N-dealkylation sites (tertiary alicyclic amines) is 1. The van der Waals surface area contributed by atoms with Crippen LogP contribution in [0.4, 0.5) is 11.6 Å². The number of aryl methyl sites for hydroxylation is 1. The van der Waals surface area contributed by atoms with E-state index in [4.69, 9.17) is 0 Å². The molecule has 1 amide bonds. The number of nitrogens with zero attached hydrogens (tertiary/aromatic N) is 5. The summed E-state index contributed by atoms with van der Waals surface area (Å²) in [6.45, 7) is 6.22. The highest BCUT2D eigenvalue weighted by Gasteiger charge is 2.29. The molecule has 24 heavy (non-hydrogen) atoms. The molecule has 1 fully saturated rings. The van der Waals surface area contributed by atoms with Gasteiger partial charge in [0.15, 0.2) is 5.82 Å². The average Bonchev–Trinajstić information content (AvgIpc) is 2.61. The van der Waals surface area contributed by atoms with E-state index in [1.54, 1.807) is 23.5 Å². The molecule has 0 aromatic carbocycles. The van der Waals surface area contributed by atoms with Crippen LogP contribution in [0.5, 0.6) is 0 Å². The highest BCUT2D eigenvalue weighted by atomic mass is 16.2. The first kappa shape index (κ1) is 16.0. The largest absolute Gasteiger partial charge is 0.329 e. The van der Waals surface area contributed by atoms with Gasteiger partial charge in [-0.3, -0.25) is 9.78 Å². The molecule has 0 saturated carbocycles. The standard InChI is InChI=1S/C17H20N6O/c1-3-16(24)23-9-5-4-6-13(23)17-20-12(2)10-14(22-17)21-15-11-18-7-8-19-15/h3,7-8,10-11,13H,1,4-6,9H2,2H3,(H,19,20,21,22)/t13-/m0/s1. The van der Waals surface area contributed by atoms with E-state index in [-0.39, 0.29) is 11.9 Å². The molecule has 0 radical (unpaired) electrons. The van der Waals surface area contributed by atoms with Gasteiger partial charge in [-0.15, -0.1) is 0 Å². The number of anilines is 2. The van der Waals surface area contributed by atoms with Crippen LogP contribution < -0.4 is 5.32 Å². The van der Waals surface area contributed by atoms with Gasteiger partial charge in [0.05, 0.1) is 12.2 Å². The predicted octanol–water partition coefficient (Wildman–Crippen LogP) is 2.56. The van der Waals surface area contributed by atoms with Crippen LogP contribution in [-0.2, 0) is 4.79 Å². The fourth-order valence-corrected chi connectivity index (χ4v) is 2.88. The van der Waals surface area contributed by atoms with E-state index >= 15 is 0 Å². The summed E-state index contributed by atoms with van der Waals surface area (Å²) >= 11 is 0. The van der Waals surface area contributed by atoms with Crippen LogP contribution in [0, 0.1) is 6.92 Å². The number of aromatic nitrogens is 4. The molecular formula is C17H20N6O. The zero-order chi connectivity index (χ0) is 16.9. The molecule has 0 aliphatic carbocycles. The summed E-state index contributed by atoms with van der Waals surface area (Å²) in [4.78, 5) is 31.3. The van der Waals surface area contributed by atoms with Crippen LogP contribution >= 0.6 is 0 Å². The van der Waals surface area contributed by atoms with Gasteiger partial charge in [0, 0.05) is 30.7 Å². The van der Waals surface area contributed by atoms with Crippen LogP contribution in [0.25, 0.3) is 0 Å². The normalized spacial score (nSPS) is 17.4. The maximum Gasteiger partial charge on any atom is 0.246 e. The van der Waals surface area contributed by atoms with Crippen molar-refractivity contribution in [2.24, 2.45) is 0 Å². The highest BCUT2D eigenvalue weighted by molar-refractivity contribution is 5.87. The zero-order valence-corrected chi connectivity index (χ0v) is 13.6. The van der Waals surface area contributed by atoms with Crippen molar-refractivity contribution >= 4 is 17.5 Å². The average molecular weight is 324 g/mol. The minimum Gasteiger partial charge on any atom is -0.329 e. The first-order chi connectivity index (χ1) is 11.7. The lowest BCUT2D eigenvalue weighted by Gasteiger charge is -2.34. The quantitative estimate of drug-likeness (QED) is 0.870. The van der Waals surface area contributed by atoms with E-state index in [9.17, 15) is 4.79 Å². The van der Waals surface area contributed by atoms with Crippen molar-refractivity contribution in [3.8, 4) is 0 Å². The van der Waals surface area contributed by atoms with Crippen LogP contribution in [0.3, 0.4) is 0 Å². The second-order valence-corrected chi connectivity index (χ2v) is 5.72. The molecule has 2 aromatic heterocycles. The van der Waals surface area contributed by atoms with Crippen molar-refractivity contribution in [1.29, 1.82) is 0 Å². The molecule has 1 atom stereocenters. The second kappa shape index (κ2) is 7.16. The molecule has 1 aliphatic heterocycles. The maximum atomic E-state index is 12.1. The van der Waals surface area contributed by atoms with Gasteiger partial charge in [0.25, 0.3) is 0 Å². The zero-order valence-electron chi connectivity index (χ0n) is 13.6. The molecule has 0 unspecified atom stereocenters. The Morgan fingerprint density at radius 1 is 1.33 bits per heavy atom. The van der Waals surface area contributed by atoms with Crippen LogP contribution in [0.1, 0.15) is 36.8 Å². The number of nitrogens with one attached hydrogen (secondary N) is 1. The van der Waals surface area contributed by atoms with Crippen molar-refractivity contribution in [1.82, 2.24) is 24.8 Å². The Kier molecular flexibility index (Phi) is 4.79. The van der Waals surface area contributed by atoms with Crippen molar-refractivity contribution in [2.45, 2.75) is 32.2 Å². The van der Waals surface area contributed by atoms with E-state index in [0.29, 0.717) is 24.0 Å². The Hall–Kier alpha value is -2.83. The molecule has 124 valence electrons. The molecule has 7 nitrogen and oxygen atoms in total. The predicted molar refractivity (Wildman–Crippen MR) is 90.6 cm³/mol. The number of carbonyl (C=O) groups is 1. The molecule has 3 rings (SSSR count). The fraction of sp³-hybridized carbons (Fsp3) is 0.353. The summed E-state index contributed by atoms with van der Waals surface area (Å²) in [5.41, 5.74) is 0.836. The maximum absolute atomic E-state index is 12.1. The second-order valence-electron chi connectivity index (χ2n) is 5.72. The van der Waals surface area contributed by atoms with Crippen LogP contribution in [-0.4, -0.2) is 37.3 Å². The number of piperidine rings is 1. The molecule has 0 spiro atoms. The minimum atomic E-state index is -0.119. The number of carbonyl (C=O) groups excluding carboxylic acids is 1. The molecule has 3 heterocycles. The van der Waals surface area contributed by atoms with Gasteiger partial charge >= 0.3 is 0 Å². The molecule has 1 N–H and O–H groups in total. The molecule has 0 bridgehead atoms. The number of hydrogen-bond acceptors (Lipinski definition) is 6. The lowest BCUT2D eigenvalue weighted by atomic mass is 10.0. The fourth-order valence-electron chi connectivity index (χ4n) is 2.88. The Bertz CT molecular complexity index is 733. The number of amides is 1. The van der Waals surface area contributed by atoms with Gasteiger partial charge in [-0.2, -0.15) is 0 Å². The van der Waals surface area contributed by atoms with Gasteiger partial charge in [0.1, 0.15) is 11.6 Å². The third kappa shape index (κ3) is 3.56. The lowest BCUT2D eigenvalue weighted by Crippen LogP contribution is -2.38. The van der Waals surface area contributed by atoms with Gasteiger partial charge in [-0.25, -0.2) is 15.0 Å². The van der Waals surface area contributed by atoms with Gasteiger partial charge in [-0.05, 0) is 32.3 Å². The summed E-state index contributed by atoms with van der Waals surface area (Å²) in [5, 5.41) is 3.13. The van der Waals surface area contributed by atoms with E-state index in [1.807, 2.05) is 13.0 Å². The number of hydrogen-bond donors (Lipinski definition) is 1. The first-order valence-electron chi connectivity index (χ1n) is 7.99. The third-order valence-electron chi connectivity index (χ3n) is 3.95. The molecule has 7 heteroatoms. The first-order valence-corrected chi connectivity index (χ1v) is 7.99. The summed E-state index contributed by atoms with van der Waals surface area (Å²) in [5.74, 6) is 1.84. The molecule has 2 aromatic rings. The lowest BCUT2D eigenvalue weighted by molar-refractivity contribution is -0.129. The smallest absolute Gasteiger partial charge is 0.246 e. The van der Waals surface area contributed by atoms with E-state index in [0.717, 1.165) is 25.0 Å². The molecule has 1 aliphatic rings. The van der Waals surface area contributed by atoms with Crippen LogP contribution in [0.2, 0.25) is 0 Å². The van der Waals surface area contributed by atoms with Gasteiger partial charge in [0.2, 0.25) is 5.91 Å². The summed E-state index contributed by atoms with van der Waals surface area (Å²) in [6.07, 6.45) is 9.11. The van der Waals surface area contributed by atoms with E-state index in [1.165, 1.54) is 6.08 Å². The molecular weight excluding hydrogens is 304 g/mol.